The average Bonchev–Trinajstić information content (AvgIpc) is 2.68. The Labute approximate surface area is 178 Å². The van der Waals surface area contributed by atoms with E-state index in [-0.39, 0.29) is 49.3 Å². The molecule has 158 valence electrons. The number of benzene rings is 1. The molecule has 0 aliphatic carbocycles. The van der Waals surface area contributed by atoms with E-state index in [1.807, 2.05) is 0 Å². The maximum absolute atomic E-state index is 12.9. The first kappa shape index (κ1) is 23.1. The molecular formula is C16H19Cl2N5O5S. The molecule has 1 aromatic carbocycles. The highest BCUT2D eigenvalue weighted by Crippen LogP contribution is 2.28. The van der Waals surface area contributed by atoms with Crippen molar-refractivity contribution in [2.24, 2.45) is 10.2 Å². The fraction of sp³-hybridized carbons (Fsp3) is 0.312. The van der Waals surface area contributed by atoms with Crippen molar-refractivity contribution in [2.75, 3.05) is 18.5 Å². The first-order valence-electron chi connectivity index (χ1n) is 8.22. The van der Waals surface area contributed by atoms with Crippen LogP contribution in [0.2, 0.25) is 0 Å². The number of hydrogen-bond donors (Lipinski definition) is 4. The number of carboxylic acids is 1. The van der Waals surface area contributed by atoms with Crippen molar-refractivity contribution < 1.29 is 23.1 Å². The molecule has 1 aromatic heterocycles. The molecule has 29 heavy (non-hydrogen) atoms. The van der Waals surface area contributed by atoms with Gasteiger partial charge in [-0.2, -0.15) is 4.72 Å². The van der Waals surface area contributed by atoms with E-state index in [4.69, 9.17) is 22.2 Å². The number of rotatable bonds is 5. The number of fused-ring (bicyclic) bond motifs is 1. The lowest BCUT2D eigenvalue weighted by atomic mass is 9.92. The van der Waals surface area contributed by atoms with Gasteiger partial charge in [-0.05, 0) is 12.1 Å². The monoisotopic (exact) mass is 463 g/mol. The maximum atomic E-state index is 12.9. The molecule has 0 bridgehead atoms. The minimum absolute atomic E-state index is 0. The van der Waals surface area contributed by atoms with E-state index in [9.17, 15) is 18.3 Å². The van der Waals surface area contributed by atoms with Gasteiger partial charge >= 0.3 is 5.97 Å². The van der Waals surface area contributed by atoms with E-state index < -0.39 is 21.5 Å². The van der Waals surface area contributed by atoms with Crippen LogP contribution in [-0.4, -0.2) is 49.2 Å². The van der Waals surface area contributed by atoms with Crippen molar-refractivity contribution in [3.05, 3.63) is 30.6 Å². The van der Waals surface area contributed by atoms with Gasteiger partial charge in [0.25, 0.3) is 0 Å². The molecule has 0 unspecified atom stereocenters. The van der Waals surface area contributed by atoms with Crippen molar-refractivity contribution in [2.45, 2.75) is 23.3 Å². The Morgan fingerprint density at radius 3 is 2.62 bits per heavy atom. The molecule has 2 aromatic rings. The van der Waals surface area contributed by atoms with Gasteiger partial charge in [-0.15, -0.1) is 16.9 Å². The molecule has 0 saturated carbocycles. The summed E-state index contributed by atoms with van der Waals surface area (Å²) in [6.45, 7) is 0.323. The number of guanidine groups is 1. The van der Waals surface area contributed by atoms with Crippen LogP contribution < -0.4 is 15.8 Å². The third kappa shape index (κ3) is 4.87. The fourth-order valence-electron chi connectivity index (χ4n) is 2.98. The average molecular weight is 464 g/mol. The van der Waals surface area contributed by atoms with Crippen LogP contribution in [0.4, 0.5) is 5.69 Å². The van der Waals surface area contributed by atoms with Crippen LogP contribution in [0.3, 0.4) is 0 Å². The van der Waals surface area contributed by atoms with Crippen molar-refractivity contribution in [3.8, 4) is 0 Å². The summed E-state index contributed by atoms with van der Waals surface area (Å²) in [5.74, 6) is -1.28. The molecule has 1 fully saturated rings. The number of carbonyl (C=O) groups is 1. The van der Waals surface area contributed by atoms with Crippen molar-refractivity contribution in [3.63, 3.8) is 0 Å². The summed E-state index contributed by atoms with van der Waals surface area (Å²) in [5.41, 5.74) is 4.44. The van der Waals surface area contributed by atoms with Crippen molar-refractivity contribution in [1.82, 2.24) is 9.71 Å². The topological polar surface area (TPSA) is 156 Å². The van der Waals surface area contributed by atoms with E-state index in [1.165, 1.54) is 24.5 Å². The van der Waals surface area contributed by atoms with Crippen LogP contribution >= 0.6 is 24.2 Å². The summed E-state index contributed by atoms with van der Waals surface area (Å²) in [4.78, 5) is 15.7. The quantitative estimate of drug-likeness (QED) is 0.383. The summed E-state index contributed by atoms with van der Waals surface area (Å²) in [6, 6.07) is 4.34. The Morgan fingerprint density at radius 1 is 1.31 bits per heavy atom. The number of anilines is 1. The summed E-state index contributed by atoms with van der Waals surface area (Å²) in [7, 11) is -4.10. The second kappa shape index (κ2) is 9.09. The molecule has 1 aliphatic rings. The third-order valence-corrected chi connectivity index (χ3v) is 6.20. The molecule has 10 nitrogen and oxygen atoms in total. The lowest BCUT2D eigenvalue weighted by Gasteiger charge is -2.33. The van der Waals surface area contributed by atoms with Gasteiger partial charge in [0.05, 0.1) is 16.8 Å². The van der Waals surface area contributed by atoms with Crippen molar-refractivity contribution in [1.29, 1.82) is 0 Å². The highest BCUT2D eigenvalue weighted by Gasteiger charge is 2.43. The molecule has 2 heterocycles. The summed E-state index contributed by atoms with van der Waals surface area (Å²) in [6.07, 6.45) is 3.06. The van der Waals surface area contributed by atoms with Crippen LogP contribution in [0.1, 0.15) is 12.8 Å². The number of halogens is 2. The standard InChI is InChI=1S/C16H18ClN5O5S.ClH/c17-21-15(18)20-13-9-19-8-10-7-11(1-2-12(10)13)28(25,26)22-16(14(23)24)3-5-27-6-4-16;/h1-2,7-9,22H,3-6H2,(H,23,24)(H3,18,20,21);1H. The van der Waals surface area contributed by atoms with Crippen LogP contribution in [0.5, 0.6) is 0 Å². The summed E-state index contributed by atoms with van der Waals surface area (Å²) < 4.78 is 36.5. The van der Waals surface area contributed by atoms with Gasteiger partial charge in [0.15, 0.2) is 0 Å². The Balaban J connectivity index is 0.00000300. The first-order valence-corrected chi connectivity index (χ1v) is 10.0. The lowest BCUT2D eigenvalue weighted by molar-refractivity contribution is -0.147. The van der Waals surface area contributed by atoms with Gasteiger partial charge in [-0.1, -0.05) is 6.07 Å². The Bertz CT molecular complexity index is 1040. The molecule has 0 spiro atoms. The van der Waals surface area contributed by atoms with Gasteiger partial charge in [-0.25, -0.2) is 8.42 Å². The van der Waals surface area contributed by atoms with E-state index in [0.29, 0.717) is 16.5 Å². The molecule has 0 amide bonds. The van der Waals surface area contributed by atoms with Crippen LogP contribution in [-0.2, 0) is 19.6 Å². The van der Waals surface area contributed by atoms with Gasteiger partial charge < -0.3 is 20.9 Å². The van der Waals surface area contributed by atoms with Gasteiger partial charge in [0.2, 0.25) is 16.0 Å². The second-order valence-electron chi connectivity index (χ2n) is 6.27. The smallest absolute Gasteiger partial charge is 0.325 e. The molecule has 5 N–H and O–H groups in total. The number of hydrogen-bond acceptors (Lipinski definition) is 6. The lowest BCUT2D eigenvalue weighted by Crippen LogP contribution is -2.57. The zero-order valence-corrected chi connectivity index (χ0v) is 17.4. The number of aliphatic carboxylic acids is 1. The molecule has 1 aliphatic heterocycles. The SMILES string of the molecule is Cl.NC(=NCl)Nc1cncc2cc(S(=O)(=O)NC3(C(=O)O)CCOCC3)ccc12. The zero-order chi connectivity index (χ0) is 20.4. The third-order valence-electron chi connectivity index (χ3n) is 4.48. The number of aromatic nitrogens is 1. The fourth-order valence-corrected chi connectivity index (χ4v) is 4.47. The summed E-state index contributed by atoms with van der Waals surface area (Å²) in [5, 5.41) is 13.5. The van der Waals surface area contributed by atoms with E-state index in [1.54, 1.807) is 6.07 Å². The van der Waals surface area contributed by atoms with Crippen LogP contribution in [0, 0.1) is 0 Å². The van der Waals surface area contributed by atoms with Gasteiger partial charge in [0, 0.05) is 54.8 Å². The number of nitrogens with zero attached hydrogens (tertiary/aromatic N) is 2. The number of ether oxygens (including phenoxy) is 1. The maximum Gasteiger partial charge on any atom is 0.325 e. The molecule has 0 atom stereocenters. The Kier molecular flexibility index (Phi) is 7.25. The van der Waals surface area contributed by atoms with Gasteiger partial charge in [0.1, 0.15) is 5.54 Å². The van der Waals surface area contributed by atoms with Crippen LogP contribution in [0.15, 0.2) is 40.0 Å². The number of nitrogens with two attached hydrogens (primary N) is 1. The first-order chi connectivity index (χ1) is 13.3. The normalized spacial score (nSPS) is 16.8. The Morgan fingerprint density at radius 2 is 2.00 bits per heavy atom. The van der Waals surface area contributed by atoms with Gasteiger partial charge in [-0.3, -0.25) is 9.78 Å². The molecular weight excluding hydrogens is 445 g/mol. The highest BCUT2D eigenvalue weighted by molar-refractivity contribution is 7.89. The number of carboxylic acid groups (broad SMARTS) is 1. The number of nitrogens with one attached hydrogen (secondary N) is 2. The summed E-state index contributed by atoms with van der Waals surface area (Å²) >= 11 is 5.30. The van der Waals surface area contributed by atoms with E-state index in [2.05, 4.69) is 19.5 Å². The minimum atomic E-state index is -4.10. The highest BCUT2D eigenvalue weighted by atomic mass is 35.5. The molecule has 0 radical (unpaired) electrons. The molecule has 1 saturated heterocycles. The van der Waals surface area contributed by atoms with E-state index in [0.717, 1.165) is 0 Å². The zero-order valence-electron chi connectivity index (χ0n) is 15.0. The van der Waals surface area contributed by atoms with Crippen LogP contribution in [0.25, 0.3) is 10.8 Å². The largest absolute Gasteiger partial charge is 0.480 e. The van der Waals surface area contributed by atoms with Crippen molar-refractivity contribution >= 4 is 62.6 Å². The predicted molar refractivity (Wildman–Crippen MR) is 111 cm³/mol. The minimum Gasteiger partial charge on any atom is -0.480 e. The number of sulfonamides is 1. The Hall–Kier alpha value is -2.18. The predicted octanol–water partition coefficient (Wildman–Crippen LogP) is 1.45. The second-order valence-corrected chi connectivity index (χ2v) is 8.12. The number of pyridine rings is 1. The molecule has 13 heteroatoms. The van der Waals surface area contributed by atoms with E-state index >= 15 is 0 Å². The molecule has 3 rings (SSSR count).